The smallest absolute Gasteiger partial charge is 0.404 e. The van der Waals surface area contributed by atoms with E-state index in [4.69, 9.17) is 5.11 Å². The lowest BCUT2D eigenvalue weighted by Crippen LogP contribution is -2.39. The van der Waals surface area contributed by atoms with Crippen LogP contribution in [0.1, 0.15) is 56.3 Å². The maximum atomic E-state index is 12.9. The van der Waals surface area contributed by atoms with Gasteiger partial charge in [-0.05, 0) is 49.8 Å². The Kier molecular flexibility index (Phi) is 6.54. The Morgan fingerprint density at radius 2 is 1.89 bits per heavy atom. The quantitative estimate of drug-likeness (QED) is 0.528. The van der Waals surface area contributed by atoms with Crippen LogP contribution < -0.4 is 10.6 Å². The van der Waals surface area contributed by atoms with Crippen molar-refractivity contribution in [1.82, 2.24) is 10.3 Å². The molecule has 3 N–H and O–H groups in total. The number of fused-ring (bicyclic) bond motifs is 1. The molecule has 0 bridgehead atoms. The zero-order valence-electron chi connectivity index (χ0n) is 16.2. The number of Topliss-reactive ketones (excluding diaryl/α,β-unsaturated/α-hetero) is 1. The van der Waals surface area contributed by atoms with Crippen molar-refractivity contribution in [1.29, 1.82) is 0 Å². The van der Waals surface area contributed by atoms with Crippen LogP contribution in [0.2, 0.25) is 0 Å². The number of halogens is 1. The normalized spacial score (nSPS) is 19.6. The second-order valence-electron chi connectivity index (χ2n) is 7.87. The number of carbonyl (C=O) groups excluding carboxylic acids is 1. The van der Waals surface area contributed by atoms with E-state index in [0.29, 0.717) is 12.0 Å². The van der Waals surface area contributed by atoms with Crippen molar-refractivity contribution in [2.45, 2.75) is 58.0 Å². The van der Waals surface area contributed by atoms with Crippen LogP contribution in [0.25, 0.3) is 10.9 Å². The van der Waals surface area contributed by atoms with Gasteiger partial charge in [-0.1, -0.05) is 29.8 Å². The number of aromatic nitrogens is 1. The number of hydrogen-bond acceptors (Lipinski definition) is 4. The molecule has 2 aromatic rings. The summed E-state index contributed by atoms with van der Waals surface area (Å²) in [4.78, 5) is 28.2. The number of nitrogens with one attached hydrogen (secondary N) is 2. The highest BCUT2D eigenvalue weighted by Gasteiger charge is 2.25. The molecule has 28 heavy (non-hydrogen) atoms. The van der Waals surface area contributed by atoms with E-state index in [1.165, 1.54) is 0 Å². The Morgan fingerprint density at radius 3 is 2.54 bits per heavy atom. The van der Waals surface area contributed by atoms with Crippen LogP contribution in [-0.2, 0) is 0 Å². The molecule has 1 aliphatic rings. The summed E-state index contributed by atoms with van der Waals surface area (Å²) in [5.41, 5.74) is 2.31. The van der Waals surface area contributed by atoms with E-state index in [1.54, 1.807) is 6.20 Å². The number of amides is 1. The van der Waals surface area contributed by atoms with Crippen LogP contribution in [0.15, 0.2) is 28.9 Å². The fourth-order valence-corrected chi connectivity index (χ4v) is 4.13. The number of carbonyl (C=O) groups is 2. The lowest BCUT2D eigenvalue weighted by Gasteiger charge is -2.30. The molecule has 0 spiro atoms. The van der Waals surface area contributed by atoms with Crippen molar-refractivity contribution in [3.8, 4) is 0 Å². The molecule has 3 rings (SSSR count). The molecule has 0 radical (unpaired) electrons. The first-order chi connectivity index (χ1) is 13.3. The summed E-state index contributed by atoms with van der Waals surface area (Å²) in [6.07, 6.45) is 4.45. The maximum absolute atomic E-state index is 12.9. The fraction of sp³-hybridized carbons (Fsp3) is 0.476. The van der Waals surface area contributed by atoms with Gasteiger partial charge in [0.2, 0.25) is 0 Å². The average Bonchev–Trinajstić information content (AvgIpc) is 2.62. The van der Waals surface area contributed by atoms with Gasteiger partial charge in [0.25, 0.3) is 0 Å². The number of ketones is 1. The van der Waals surface area contributed by atoms with Gasteiger partial charge in [-0.15, -0.1) is 0 Å². The first kappa shape index (κ1) is 20.6. The number of nitrogens with zero attached hydrogens (tertiary/aromatic N) is 1. The highest BCUT2D eigenvalue weighted by atomic mass is 79.9. The number of hydrogen-bond donors (Lipinski definition) is 3. The lowest BCUT2D eigenvalue weighted by atomic mass is 9.90. The number of carboxylic acid groups (broad SMARTS) is 1. The molecular formula is C21H26BrN3O3. The minimum Gasteiger partial charge on any atom is -0.465 e. The Bertz CT molecular complexity index is 877. The standard InChI is InChI=1S/C21H26BrN3O3/c1-12(2)9-19(26)17-11-23-18-8-3-13(22)10-16(18)20(17)24-14-4-6-15(7-5-14)25-21(27)28/h3,8,10-12,14-15,25H,4-7,9H2,1-2H3,(H,23,24)(H,27,28). The molecule has 150 valence electrons. The Hall–Kier alpha value is -2.15. The number of pyridine rings is 1. The van der Waals surface area contributed by atoms with E-state index >= 15 is 0 Å². The van der Waals surface area contributed by atoms with Crippen LogP contribution in [-0.4, -0.2) is 34.1 Å². The van der Waals surface area contributed by atoms with Gasteiger partial charge in [0.05, 0.1) is 16.8 Å². The van der Waals surface area contributed by atoms with Crippen molar-refractivity contribution in [3.63, 3.8) is 0 Å². The highest BCUT2D eigenvalue weighted by molar-refractivity contribution is 9.10. The van der Waals surface area contributed by atoms with E-state index < -0.39 is 6.09 Å². The molecule has 7 heteroatoms. The second kappa shape index (κ2) is 8.90. The summed E-state index contributed by atoms with van der Waals surface area (Å²) in [6, 6.07) is 6.07. The zero-order valence-corrected chi connectivity index (χ0v) is 17.8. The first-order valence-electron chi connectivity index (χ1n) is 9.71. The van der Waals surface area contributed by atoms with E-state index in [9.17, 15) is 9.59 Å². The molecule has 1 aliphatic carbocycles. The summed E-state index contributed by atoms with van der Waals surface area (Å²) in [6.45, 7) is 4.07. The largest absolute Gasteiger partial charge is 0.465 e. The Balaban J connectivity index is 1.88. The summed E-state index contributed by atoms with van der Waals surface area (Å²) < 4.78 is 0.938. The van der Waals surface area contributed by atoms with Crippen LogP contribution in [0, 0.1) is 5.92 Å². The molecule has 1 fully saturated rings. The van der Waals surface area contributed by atoms with E-state index in [2.05, 4.69) is 31.5 Å². The SMILES string of the molecule is CC(C)CC(=O)c1cnc2ccc(Br)cc2c1NC1CCC(NC(=O)O)CC1. The van der Waals surface area contributed by atoms with Crippen molar-refractivity contribution in [3.05, 3.63) is 34.4 Å². The predicted molar refractivity (Wildman–Crippen MR) is 114 cm³/mol. The van der Waals surface area contributed by atoms with Crippen LogP contribution >= 0.6 is 15.9 Å². The van der Waals surface area contributed by atoms with Crippen molar-refractivity contribution in [2.24, 2.45) is 5.92 Å². The lowest BCUT2D eigenvalue weighted by molar-refractivity contribution is 0.0968. The van der Waals surface area contributed by atoms with Gasteiger partial charge in [0.1, 0.15) is 0 Å². The van der Waals surface area contributed by atoms with Crippen molar-refractivity contribution < 1.29 is 14.7 Å². The molecular weight excluding hydrogens is 422 g/mol. The van der Waals surface area contributed by atoms with E-state index in [0.717, 1.165) is 46.7 Å². The second-order valence-corrected chi connectivity index (χ2v) is 8.79. The number of rotatable bonds is 6. The highest BCUT2D eigenvalue weighted by Crippen LogP contribution is 2.32. The van der Waals surface area contributed by atoms with Gasteiger partial charge in [0.15, 0.2) is 5.78 Å². The van der Waals surface area contributed by atoms with E-state index in [1.807, 2.05) is 32.0 Å². The summed E-state index contributed by atoms with van der Waals surface area (Å²) in [5.74, 6) is 0.365. The fourth-order valence-electron chi connectivity index (χ4n) is 3.77. The van der Waals surface area contributed by atoms with Gasteiger partial charge in [-0.2, -0.15) is 0 Å². The monoisotopic (exact) mass is 447 g/mol. The Morgan fingerprint density at radius 1 is 1.21 bits per heavy atom. The number of anilines is 1. The third-order valence-electron chi connectivity index (χ3n) is 5.13. The van der Waals surface area contributed by atoms with Crippen LogP contribution in [0.4, 0.5) is 10.5 Å². The molecule has 6 nitrogen and oxygen atoms in total. The van der Waals surface area contributed by atoms with Crippen LogP contribution in [0.3, 0.4) is 0 Å². The van der Waals surface area contributed by atoms with Crippen LogP contribution in [0.5, 0.6) is 0 Å². The predicted octanol–water partition coefficient (Wildman–Crippen LogP) is 5.22. The van der Waals surface area contributed by atoms with E-state index in [-0.39, 0.29) is 23.8 Å². The molecule has 0 atom stereocenters. The van der Waals surface area contributed by atoms with Crippen molar-refractivity contribution >= 4 is 44.4 Å². The molecule has 1 amide bonds. The number of benzene rings is 1. The van der Waals surface area contributed by atoms with Gasteiger partial charge in [-0.25, -0.2) is 4.79 Å². The topological polar surface area (TPSA) is 91.3 Å². The third-order valence-corrected chi connectivity index (χ3v) is 5.62. The Labute approximate surface area is 173 Å². The molecule has 1 heterocycles. The summed E-state index contributed by atoms with van der Waals surface area (Å²) >= 11 is 3.52. The summed E-state index contributed by atoms with van der Waals surface area (Å²) in [5, 5.41) is 16.0. The average molecular weight is 448 g/mol. The van der Waals surface area contributed by atoms with Gasteiger partial charge < -0.3 is 15.7 Å². The first-order valence-corrected chi connectivity index (χ1v) is 10.5. The molecule has 1 aromatic carbocycles. The molecule has 0 unspecified atom stereocenters. The zero-order chi connectivity index (χ0) is 20.3. The van der Waals surface area contributed by atoms with Gasteiger partial charge >= 0.3 is 6.09 Å². The minimum absolute atomic E-state index is 0.000854. The maximum Gasteiger partial charge on any atom is 0.404 e. The van der Waals surface area contributed by atoms with Gasteiger partial charge in [-0.3, -0.25) is 9.78 Å². The molecule has 1 saturated carbocycles. The molecule has 0 saturated heterocycles. The third kappa shape index (κ3) is 5.01. The molecule has 0 aliphatic heterocycles. The summed E-state index contributed by atoms with van der Waals surface area (Å²) in [7, 11) is 0. The van der Waals surface area contributed by atoms with Crippen molar-refractivity contribution in [2.75, 3.05) is 5.32 Å². The van der Waals surface area contributed by atoms with Gasteiger partial charge in [0, 0.05) is 34.6 Å². The molecule has 1 aromatic heterocycles. The minimum atomic E-state index is -0.969.